The summed E-state index contributed by atoms with van der Waals surface area (Å²) in [5.74, 6) is -0.579. The molecule has 0 aliphatic carbocycles. The second kappa shape index (κ2) is 6.45. The Bertz CT molecular complexity index is 549. The first-order chi connectivity index (χ1) is 9.90. The first-order valence-electron chi connectivity index (χ1n) is 6.91. The van der Waals surface area contributed by atoms with Gasteiger partial charge in [0, 0.05) is 25.0 Å². The summed E-state index contributed by atoms with van der Waals surface area (Å²) in [6, 6.07) is 7.16. The normalized spacial score (nSPS) is 22.0. The zero-order chi connectivity index (χ0) is 15.5. The molecule has 2 rings (SSSR count). The Morgan fingerprint density at radius 1 is 1.48 bits per heavy atom. The van der Waals surface area contributed by atoms with Crippen molar-refractivity contribution in [3.05, 3.63) is 34.9 Å². The smallest absolute Gasteiger partial charge is 0.254 e. The molecule has 0 aromatic heterocycles. The van der Waals surface area contributed by atoms with E-state index in [-0.39, 0.29) is 12.5 Å². The van der Waals surface area contributed by atoms with E-state index in [2.05, 4.69) is 5.32 Å². The molecule has 0 bridgehead atoms. The Hall–Kier alpha value is -1.59. The third kappa shape index (κ3) is 3.95. The molecule has 2 N–H and O–H groups in total. The van der Waals surface area contributed by atoms with Crippen LogP contribution < -0.4 is 5.32 Å². The molecule has 1 aliphatic heterocycles. The molecule has 1 aromatic rings. The van der Waals surface area contributed by atoms with Gasteiger partial charge in [0.25, 0.3) is 5.91 Å². The molecule has 21 heavy (non-hydrogen) atoms. The van der Waals surface area contributed by atoms with Gasteiger partial charge in [-0.05, 0) is 30.5 Å². The van der Waals surface area contributed by atoms with E-state index < -0.39 is 11.5 Å². The van der Waals surface area contributed by atoms with Crippen LogP contribution in [0, 0.1) is 0 Å². The Labute approximate surface area is 128 Å². The monoisotopic (exact) mass is 310 g/mol. The number of hydrogen-bond acceptors (Lipinski definition) is 3. The molecule has 1 aromatic carbocycles. The van der Waals surface area contributed by atoms with E-state index >= 15 is 0 Å². The summed E-state index contributed by atoms with van der Waals surface area (Å²) >= 11 is 5.88. The summed E-state index contributed by atoms with van der Waals surface area (Å²) in [7, 11) is 0. The number of halogens is 1. The predicted octanol–water partition coefficient (Wildman–Crippen LogP) is 1.33. The number of β-amino-alcohol motifs (C(OH)–C–C–N with tert-alkyl or cyclic N) is 1. The van der Waals surface area contributed by atoms with Gasteiger partial charge < -0.3 is 15.3 Å². The highest BCUT2D eigenvalue weighted by atomic mass is 35.5. The first-order valence-corrected chi connectivity index (χ1v) is 7.29. The number of aliphatic hydroxyl groups is 1. The van der Waals surface area contributed by atoms with Gasteiger partial charge in [-0.25, -0.2) is 0 Å². The van der Waals surface area contributed by atoms with Crippen LogP contribution in [0.5, 0.6) is 0 Å². The van der Waals surface area contributed by atoms with E-state index in [0.717, 1.165) is 5.56 Å². The van der Waals surface area contributed by atoms with E-state index in [1.54, 1.807) is 18.2 Å². The van der Waals surface area contributed by atoms with Gasteiger partial charge in [-0.3, -0.25) is 9.59 Å². The average molecular weight is 311 g/mol. The highest BCUT2D eigenvalue weighted by Crippen LogP contribution is 2.22. The van der Waals surface area contributed by atoms with Gasteiger partial charge in [0.15, 0.2) is 5.60 Å². The Morgan fingerprint density at radius 2 is 2.24 bits per heavy atom. The van der Waals surface area contributed by atoms with Gasteiger partial charge in [-0.2, -0.15) is 0 Å². The Kier molecular flexibility index (Phi) is 4.85. The summed E-state index contributed by atoms with van der Waals surface area (Å²) < 4.78 is 0. The Balaban J connectivity index is 1.97. The largest absolute Gasteiger partial charge is 0.378 e. The van der Waals surface area contributed by atoms with Crippen molar-refractivity contribution < 1.29 is 14.7 Å². The van der Waals surface area contributed by atoms with E-state index in [1.165, 1.54) is 11.8 Å². The fraction of sp³-hybridized carbons (Fsp3) is 0.467. The topological polar surface area (TPSA) is 69.6 Å². The minimum absolute atomic E-state index is 0.0453. The molecular formula is C15H19ClN2O3. The van der Waals surface area contributed by atoms with Crippen molar-refractivity contribution in [1.82, 2.24) is 10.2 Å². The highest BCUT2D eigenvalue weighted by Gasteiger charge is 2.40. The number of nitrogens with one attached hydrogen (secondary N) is 1. The van der Waals surface area contributed by atoms with Crippen LogP contribution in [0.3, 0.4) is 0 Å². The van der Waals surface area contributed by atoms with Crippen molar-refractivity contribution in [2.75, 3.05) is 13.1 Å². The summed E-state index contributed by atoms with van der Waals surface area (Å²) in [6.07, 6.45) is 0.971. The maximum Gasteiger partial charge on any atom is 0.254 e. The number of benzene rings is 1. The lowest BCUT2D eigenvalue weighted by Gasteiger charge is -2.37. The molecule has 1 saturated heterocycles. The molecule has 6 heteroatoms. The molecule has 5 nitrogen and oxygen atoms in total. The van der Waals surface area contributed by atoms with Crippen molar-refractivity contribution in [3.8, 4) is 0 Å². The maximum absolute atomic E-state index is 12.2. The lowest BCUT2D eigenvalue weighted by atomic mass is 9.91. The Morgan fingerprint density at radius 3 is 2.90 bits per heavy atom. The van der Waals surface area contributed by atoms with Crippen LogP contribution in [0.25, 0.3) is 0 Å². The molecule has 1 aliphatic rings. The molecule has 0 spiro atoms. The van der Waals surface area contributed by atoms with E-state index in [0.29, 0.717) is 31.0 Å². The third-order valence-electron chi connectivity index (χ3n) is 3.68. The molecule has 0 unspecified atom stereocenters. The molecule has 2 amide bonds. The van der Waals surface area contributed by atoms with Gasteiger partial charge in [0.2, 0.25) is 5.91 Å². The second-order valence-electron chi connectivity index (χ2n) is 5.39. The summed E-state index contributed by atoms with van der Waals surface area (Å²) in [5, 5.41) is 13.8. The zero-order valence-corrected chi connectivity index (χ0v) is 12.7. The summed E-state index contributed by atoms with van der Waals surface area (Å²) in [4.78, 5) is 25.1. The van der Waals surface area contributed by atoms with Gasteiger partial charge in [0.1, 0.15) is 0 Å². The van der Waals surface area contributed by atoms with Gasteiger partial charge in [0.05, 0.1) is 6.54 Å². The first kappa shape index (κ1) is 15.8. The minimum atomic E-state index is -1.51. The molecule has 1 fully saturated rings. The SMILES string of the molecule is CC(=O)N1CCC[C@](O)(C(=O)NCc2cccc(Cl)c2)C1. The number of carbonyl (C=O) groups excluding carboxylic acids is 2. The van der Waals surface area contributed by atoms with Crippen LogP contribution in [0.4, 0.5) is 0 Å². The number of amides is 2. The minimum Gasteiger partial charge on any atom is -0.378 e. The number of carbonyl (C=O) groups is 2. The fourth-order valence-corrected chi connectivity index (χ4v) is 2.70. The number of hydrogen-bond donors (Lipinski definition) is 2. The third-order valence-corrected chi connectivity index (χ3v) is 3.92. The van der Waals surface area contributed by atoms with Gasteiger partial charge in [-0.1, -0.05) is 23.7 Å². The summed E-state index contributed by atoms with van der Waals surface area (Å²) in [5.41, 5.74) is -0.652. The maximum atomic E-state index is 12.2. The van der Waals surface area contributed by atoms with Crippen LogP contribution >= 0.6 is 11.6 Å². The van der Waals surface area contributed by atoms with Crippen LogP contribution in [0.15, 0.2) is 24.3 Å². The predicted molar refractivity (Wildman–Crippen MR) is 79.7 cm³/mol. The lowest BCUT2D eigenvalue weighted by molar-refractivity contribution is -0.150. The molecule has 0 saturated carbocycles. The number of piperidine rings is 1. The zero-order valence-electron chi connectivity index (χ0n) is 11.9. The lowest BCUT2D eigenvalue weighted by Crippen LogP contribution is -2.57. The highest BCUT2D eigenvalue weighted by molar-refractivity contribution is 6.30. The van der Waals surface area contributed by atoms with Crippen molar-refractivity contribution in [2.45, 2.75) is 31.9 Å². The van der Waals surface area contributed by atoms with Crippen LogP contribution in [-0.2, 0) is 16.1 Å². The molecule has 0 radical (unpaired) electrons. The average Bonchev–Trinajstić information content (AvgIpc) is 2.44. The summed E-state index contributed by atoms with van der Waals surface area (Å²) in [6.45, 7) is 2.36. The van der Waals surface area contributed by atoms with Gasteiger partial charge >= 0.3 is 0 Å². The second-order valence-corrected chi connectivity index (χ2v) is 5.82. The van der Waals surface area contributed by atoms with Crippen LogP contribution in [0.1, 0.15) is 25.3 Å². The van der Waals surface area contributed by atoms with Crippen molar-refractivity contribution in [3.63, 3.8) is 0 Å². The van der Waals surface area contributed by atoms with Gasteiger partial charge in [-0.15, -0.1) is 0 Å². The van der Waals surface area contributed by atoms with E-state index in [4.69, 9.17) is 11.6 Å². The fourth-order valence-electron chi connectivity index (χ4n) is 2.48. The molecule has 114 valence electrons. The van der Waals surface area contributed by atoms with Crippen molar-refractivity contribution >= 4 is 23.4 Å². The van der Waals surface area contributed by atoms with Crippen LogP contribution in [0.2, 0.25) is 5.02 Å². The number of likely N-dealkylation sites (tertiary alicyclic amines) is 1. The van der Waals surface area contributed by atoms with E-state index in [1.807, 2.05) is 6.07 Å². The quantitative estimate of drug-likeness (QED) is 0.885. The number of rotatable bonds is 3. The van der Waals surface area contributed by atoms with Crippen LogP contribution in [-0.4, -0.2) is 40.5 Å². The number of nitrogens with zero attached hydrogens (tertiary/aromatic N) is 1. The van der Waals surface area contributed by atoms with Crippen molar-refractivity contribution in [1.29, 1.82) is 0 Å². The van der Waals surface area contributed by atoms with Crippen molar-refractivity contribution in [2.24, 2.45) is 0 Å². The molecule has 1 atom stereocenters. The molecular weight excluding hydrogens is 292 g/mol. The standard InChI is InChI=1S/C15H19ClN2O3/c1-11(19)18-7-3-6-15(21,10-18)14(20)17-9-12-4-2-5-13(16)8-12/h2,4-5,8,21H,3,6-7,9-10H2,1H3,(H,17,20)/t15-/m1/s1. The van der Waals surface area contributed by atoms with E-state index in [9.17, 15) is 14.7 Å². The molecule has 1 heterocycles.